The van der Waals surface area contributed by atoms with Gasteiger partial charge in [-0.05, 0) is 39.3 Å². The highest BCUT2D eigenvalue weighted by Gasteiger charge is 2.19. The van der Waals surface area contributed by atoms with Gasteiger partial charge in [0.25, 0.3) is 0 Å². The fourth-order valence-corrected chi connectivity index (χ4v) is 2.21. The molecule has 0 spiro atoms. The summed E-state index contributed by atoms with van der Waals surface area (Å²) in [5.74, 6) is -0.742. The summed E-state index contributed by atoms with van der Waals surface area (Å²) < 4.78 is 0. The molecule has 1 saturated heterocycles. The smallest absolute Gasteiger partial charge is 0.320 e. The molecular weight excluding hydrogens is 204 g/mol. The molecule has 0 aromatic rings. The maximum atomic E-state index is 10.8. The third-order valence-electron chi connectivity index (χ3n) is 3.38. The third-order valence-corrected chi connectivity index (χ3v) is 3.38. The monoisotopic (exact) mass is 228 g/mol. The van der Waals surface area contributed by atoms with Crippen molar-refractivity contribution >= 4 is 5.97 Å². The molecule has 2 N–H and O–H groups in total. The lowest BCUT2D eigenvalue weighted by atomic mass is 10.1. The first kappa shape index (κ1) is 13.5. The summed E-state index contributed by atoms with van der Waals surface area (Å²) >= 11 is 0. The number of carboxylic acid groups (broad SMARTS) is 1. The molecule has 16 heavy (non-hydrogen) atoms. The van der Waals surface area contributed by atoms with Crippen molar-refractivity contribution in [2.45, 2.75) is 51.6 Å². The van der Waals surface area contributed by atoms with Crippen LogP contribution in [-0.4, -0.2) is 47.7 Å². The zero-order chi connectivity index (χ0) is 12.0. The molecule has 4 heteroatoms. The van der Waals surface area contributed by atoms with Crippen molar-refractivity contribution in [3.8, 4) is 0 Å². The van der Waals surface area contributed by atoms with E-state index in [1.807, 2.05) is 6.92 Å². The molecule has 0 aromatic carbocycles. The van der Waals surface area contributed by atoms with Gasteiger partial charge in [-0.2, -0.15) is 0 Å². The average Bonchev–Trinajstić information content (AvgIpc) is 2.30. The van der Waals surface area contributed by atoms with Crippen LogP contribution in [0.2, 0.25) is 0 Å². The van der Waals surface area contributed by atoms with Gasteiger partial charge in [0, 0.05) is 12.6 Å². The Bertz CT molecular complexity index is 215. The van der Waals surface area contributed by atoms with Crippen LogP contribution in [0.4, 0.5) is 0 Å². The minimum absolute atomic E-state index is 0.396. The molecule has 0 aliphatic carbocycles. The van der Waals surface area contributed by atoms with E-state index in [9.17, 15) is 4.79 Å². The van der Waals surface area contributed by atoms with E-state index in [1.54, 1.807) is 0 Å². The Kier molecular flexibility index (Phi) is 5.77. The van der Waals surface area contributed by atoms with Crippen molar-refractivity contribution in [1.82, 2.24) is 10.2 Å². The number of nitrogens with one attached hydrogen (secondary N) is 1. The number of carbonyl (C=O) groups is 1. The van der Waals surface area contributed by atoms with E-state index in [0.717, 1.165) is 19.6 Å². The standard InChI is InChI=1S/C12H24N2O2/c1-3-11(12(15)16)13-9-10(2)14-7-5-4-6-8-14/h10-11,13H,3-9H2,1-2H3,(H,15,16). The first-order valence-corrected chi connectivity index (χ1v) is 6.35. The van der Waals surface area contributed by atoms with Crippen molar-refractivity contribution in [3.63, 3.8) is 0 Å². The SMILES string of the molecule is CCC(NCC(C)N1CCCCC1)C(=O)O. The number of likely N-dealkylation sites (tertiary alicyclic amines) is 1. The van der Waals surface area contributed by atoms with E-state index in [-0.39, 0.29) is 0 Å². The number of piperidine rings is 1. The van der Waals surface area contributed by atoms with Gasteiger partial charge >= 0.3 is 5.97 Å². The molecule has 94 valence electrons. The van der Waals surface area contributed by atoms with Gasteiger partial charge < -0.3 is 10.4 Å². The van der Waals surface area contributed by atoms with E-state index >= 15 is 0 Å². The van der Waals surface area contributed by atoms with E-state index in [1.165, 1.54) is 19.3 Å². The summed E-state index contributed by atoms with van der Waals surface area (Å²) in [6.07, 6.45) is 4.53. The molecule has 2 unspecified atom stereocenters. The Morgan fingerprint density at radius 2 is 2.00 bits per heavy atom. The molecule has 2 atom stereocenters. The summed E-state index contributed by atoms with van der Waals surface area (Å²) in [5.41, 5.74) is 0. The molecule has 1 heterocycles. The lowest BCUT2D eigenvalue weighted by Crippen LogP contribution is -2.47. The predicted octanol–water partition coefficient (Wildman–Crippen LogP) is 1.31. The number of aliphatic carboxylic acids is 1. The maximum Gasteiger partial charge on any atom is 0.320 e. The highest BCUT2D eigenvalue weighted by Crippen LogP contribution is 2.11. The first-order chi connectivity index (χ1) is 7.65. The quantitative estimate of drug-likeness (QED) is 0.720. The second kappa shape index (κ2) is 6.86. The van der Waals surface area contributed by atoms with Crippen LogP contribution < -0.4 is 5.32 Å². The minimum Gasteiger partial charge on any atom is -0.480 e. The van der Waals surface area contributed by atoms with E-state index in [0.29, 0.717) is 12.5 Å². The molecule has 1 aliphatic rings. The molecule has 1 aliphatic heterocycles. The zero-order valence-corrected chi connectivity index (χ0v) is 10.4. The Morgan fingerprint density at radius 3 is 2.50 bits per heavy atom. The average molecular weight is 228 g/mol. The molecule has 1 fully saturated rings. The van der Waals surface area contributed by atoms with Crippen LogP contribution >= 0.6 is 0 Å². The highest BCUT2D eigenvalue weighted by molar-refractivity contribution is 5.73. The van der Waals surface area contributed by atoms with Crippen LogP contribution in [0.1, 0.15) is 39.5 Å². The van der Waals surface area contributed by atoms with Gasteiger partial charge in [-0.3, -0.25) is 9.69 Å². The van der Waals surface area contributed by atoms with Crippen LogP contribution in [0.25, 0.3) is 0 Å². The van der Waals surface area contributed by atoms with Crippen molar-refractivity contribution in [2.75, 3.05) is 19.6 Å². The molecule has 0 amide bonds. The normalized spacial score (nSPS) is 21.6. The fraction of sp³-hybridized carbons (Fsp3) is 0.917. The van der Waals surface area contributed by atoms with Gasteiger partial charge in [0.15, 0.2) is 0 Å². The number of hydrogen-bond donors (Lipinski definition) is 2. The lowest BCUT2D eigenvalue weighted by Gasteiger charge is -2.33. The number of nitrogens with zero attached hydrogens (tertiary/aromatic N) is 1. The Balaban J connectivity index is 2.27. The molecule has 0 bridgehead atoms. The second-order valence-electron chi connectivity index (χ2n) is 4.65. The van der Waals surface area contributed by atoms with E-state index in [2.05, 4.69) is 17.1 Å². The van der Waals surface area contributed by atoms with E-state index < -0.39 is 12.0 Å². The Hall–Kier alpha value is -0.610. The summed E-state index contributed by atoms with van der Waals surface area (Å²) in [4.78, 5) is 13.3. The molecule has 0 radical (unpaired) electrons. The van der Waals surface area contributed by atoms with Crippen molar-refractivity contribution in [1.29, 1.82) is 0 Å². The third kappa shape index (κ3) is 4.10. The van der Waals surface area contributed by atoms with Crippen molar-refractivity contribution in [3.05, 3.63) is 0 Å². The number of hydrogen-bond acceptors (Lipinski definition) is 3. The van der Waals surface area contributed by atoms with Gasteiger partial charge in [0.2, 0.25) is 0 Å². The highest BCUT2D eigenvalue weighted by atomic mass is 16.4. The van der Waals surface area contributed by atoms with Crippen molar-refractivity contribution < 1.29 is 9.90 Å². The zero-order valence-electron chi connectivity index (χ0n) is 10.4. The lowest BCUT2D eigenvalue weighted by molar-refractivity contribution is -0.139. The first-order valence-electron chi connectivity index (χ1n) is 6.35. The largest absolute Gasteiger partial charge is 0.480 e. The van der Waals surface area contributed by atoms with Crippen LogP contribution in [0.15, 0.2) is 0 Å². The molecular formula is C12H24N2O2. The summed E-state index contributed by atoms with van der Waals surface area (Å²) in [7, 11) is 0. The van der Waals surface area contributed by atoms with E-state index in [4.69, 9.17) is 5.11 Å². The minimum atomic E-state index is -0.742. The molecule has 4 nitrogen and oxygen atoms in total. The molecule has 1 rings (SSSR count). The maximum absolute atomic E-state index is 10.8. The number of rotatable bonds is 6. The topological polar surface area (TPSA) is 52.6 Å². The summed E-state index contributed by atoms with van der Waals surface area (Å²) in [6.45, 7) is 7.16. The van der Waals surface area contributed by atoms with Gasteiger partial charge in [-0.1, -0.05) is 13.3 Å². The molecule has 0 aromatic heterocycles. The van der Waals surface area contributed by atoms with Crippen LogP contribution in [0.5, 0.6) is 0 Å². The molecule has 0 saturated carbocycles. The van der Waals surface area contributed by atoms with Gasteiger partial charge in [0.1, 0.15) is 6.04 Å². The number of carboxylic acids is 1. The van der Waals surface area contributed by atoms with Crippen LogP contribution in [-0.2, 0) is 4.79 Å². The summed E-state index contributed by atoms with van der Waals surface area (Å²) in [5, 5.41) is 12.0. The Labute approximate surface area is 98.0 Å². The van der Waals surface area contributed by atoms with Gasteiger partial charge in [0.05, 0.1) is 0 Å². The van der Waals surface area contributed by atoms with Gasteiger partial charge in [-0.15, -0.1) is 0 Å². The fourth-order valence-electron chi connectivity index (χ4n) is 2.21. The summed E-state index contributed by atoms with van der Waals surface area (Å²) in [6, 6.07) is 0.0425. The van der Waals surface area contributed by atoms with Gasteiger partial charge in [-0.25, -0.2) is 0 Å². The van der Waals surface area contributed by atoms with Crippen LogP contribution in [0.3, 0.4) is 0 Å². The van der Waals surface area contributed by atoms with Crippen molar-refractivity contribution in [2.24, 2.45) is 0 Å². The Morgan fingerprint density at radius 1 is 1.38 bits per heavy atom. The predicted molar refractivity (Wildman–Crippen MR) is 64.6 cm³/mol. The second-order valence-corrected chi connectivity index (χ2v) is 4.65. The van der Waals surface area contributed by atoms with Crippen LogP contribution in [0, 0.1) is 0 Å².